The maximum Gasteiger partial charge on any atom is 0.414 e. The van der Waals surface area contributed by atoms with E-state index in [2.05, 4.69) is 0 Å². The fourth-order valence-electron chi connectivity index (χ4n) is 2.27. The zero-order valence-corrected chi connectivity index (χ0v) is 12.2. The summed E-state index contributed by atoms with van der Waals surface area (Å²) in [5.74, 6) is -0.435. The first-order valence-electron chi connectivity index (χ1n) is 6.63. The molecule has 0 radical (unpaired) electrons. The van der Waals surface area contributed by atoms with Crippen LogP contribution in [0.25, 0.3) is 0 Å². The van der Waals surface area contributed by atoms with Crippen LogP contribution in [-0.4, -0.2) is 23.3 Å². The molecule has 1 atom stereocenters. The van der Waals surface area contributed by atoms with Crippen molar-refractivity contribution in [3.8, 4) is 0 Å². The Bertz CT molecular complexity index is 534. The van der Waals surface area contributed by atoms with Crippen LogP contribution in [0.2, 0.25) is 0 Å². The van der Waals surface area contributed by atoms with E-state index in [1.54, 1.807) is 27.7 Å². The van der Waals surface area contributed by atoms with Gasteiger partial charge in [-0.3, -0.25) is 4.90 Å². The highest BCUT2D eigenvalue weighted by Crippen LogP contribution is 2.38. The number of halogens is 1. The second kappa shape index (κ2) is 4.74. The number of aliphatic hydroxyl groups is 1. The zero-order valence-electron chi connectivity index (χ0n) is 12.2. The van der Waals surface area contributed by atoms with Gasteiger partial charge in [-0.15, -0.1) is 0 Å². The third-order valence-corrected chi connectivity index (χ3v) is 3.27. The second-order valence-electron chi connectivity index (χ2n) is 6.32. The Hall–Kier alpha value is -1.62. The molecule has 20 heavy (non-hydrogen) atoms. The molecule has 1 N–H and O–H groups in total. The molecular formula is C15H20FNO3. The van der Waals surface area contributed by atoms with Crippen LogP contribution in [0.15, 0.2) is 18.2 Å². The molecular weight excluding hydrogens is 261 g/mol. The molecule has 0 aromatic heterocycles. The van der Waals surface area contributed by atoms with Gasteiger partial charge in [-0.1, -0.05) is 0 Å². The number of nitrogens with zero attached hydrogens (tertiary/aromatic N) is 1. The summed E-state index contributed by atoms with van der Waals surface area (Å²) in [5, 5.41) is 10.3. The van der Waals surface area contributed by atoms with Crippen LogP contribution in [0.1, 0.15) is 39.7 Å². The van der Waals surface area contributed by atoms with Gasteiger partial charge in [0.2, 0.25) is 0 Å². The summed E-state index contributed by atoms with van der Waals surface area (Å²) in [7, 11) is 0. The number of ether oxygens (including phenoxy) is 1. The summed E-state index contributed by atoms with van der Waals surface area (Å²) >= 11 is 0. The third kappa shape index (κ3) is 2.93. The van der Waals surface area contributed by atoms with E-state index >= 15 is 0 Å². The summed E-state index contributed by atoms with van der Waals surface area (Å²) in [6.07, 6.45) is -0.149. The topological polar surface area (TPSA) is 49.8 Å². The largest absolute Gasteiger partial charge is 0.443 e. The first-order chi connectivity index (χ1) is 9.10. The SMILES string of the molecule is CC(C)(C)OC(=O)N1CCC(C)(O)c2cc(F)ccc21. The van der Waals surface area contributed by atoms with Crippen LogP contribution < -0.4 is 4.90 Å². The molecule has 110 valence electrons. The molecule has 0 saturated carbocycles. The highest BCUT2D eigenvalue weighted by molar-refractivity contribution is 5.89. The fourth-order valence-corrected chi connectivity index (χ4v) is 2.27. The molecule has 0 spiro atoms. The molecule has 1 unspecified atom stereocenters. The monoisotopic (exact) mass is 281 g/mol. The molecule has 4 nitrogen and oxygen atoms in total. The lowest BCUT2D eigenvalue weighted by Gasteiger charge is -2.38. The molecule has 0 bridgehead atoms. The van der Waals surface area contributed by atoms with E-state index in [4.69, 9.17) is 4.74 Å². The lowest BCUT2D eigenvalue weighted by atomic mass is 9.87. The van der Waals surface area contributed by atoms with Crippen LogP contribution in [0.5, 0.6) is 0 Å². The van der Waals surface area contributed by atoms with Gasteiger partial charge in [0.05, 0.1) is 11.3 Å². The average Bonchev–Trinajstić information content (AvgIpc) is 2.27. The normalized spacial score (nSPS) is 22.4. The van der Waals surface area contributed by atoms with Crippen molar-refractivity contribution in [1.82, 2.24) is 0 Å². The van der Waals surface area contributed by atoms with Crippen molar-refractivity contribution < 1.29 is 19.0 Å². The van der Waals surface area contributed by atoms with E-state index < -0.39 is 23.1 Å². The van der Waals surface area contributed by atoms with Gasteiger partial charge in [0.25, 0.3) is 0 Å². The molecule has 1 aliphatic heterocycles. The summed E-state index contributed by atoms with van der Waals surface area (Å²) in [6, 6.07) is 4.05. The Kier molecular flexibility index (Phi) is 3.50. The van der Waals surface area contributed by atoms with E-state index in [9.17, 15) is 14.3 Å². The first kappa shape index (κ1) is 14.8. The van der Waals surface area contributed by atoms with Crippen molar-refractivity contribution in [2.45, 2.75) is 45.3 Å². The Labute approximate surface area is 118 Å². The van der Waals surface area contributed by atoms with Crippen molar-refractivity contribution in [2.24, 2.45) is 0 Å². The molecule has 1 aliphatic rings. The Morgan fingerprint density at radius 2 is 2.10 bits per heavy atom. The zero-order chi connectivity index (χ0) is 15.1. The quantitative estimate of drug-likeness (QED) is 0.794. The van der Waals surface area contributed by atoms with Crippen molar-refractivity contribution in [3.63, 3.8) is 0 Å². The molecule has 1 aromatic carbocycles. The van der Waals surface area contributed by atoms with Gasteiger partial charge >= 0.3 is 6.09 Å². The van der Waals surface area contributed by atoms with Gasteiger partial charge in [-0.25, -0.2) is 9.18 Å². The number of fused-ring (bicyclic) bond motifs is 1. The Morgan fingerprint density at radius 1 is 1.45 bits per heavy atom. The Morgan fingerprint density at radius 3 is 2.70 bits per heavy atom. The molecule has 1 amide bonds. The predicted molar refractivity (Wildman–Crippen MR) is 74.2 cm³/mol. The van der Waals surface area contributed by atoms with Gasteiger partial charge < -0.3 is 9.84 Å². The van der Waals surface area contributed by atoms with Crippen LogP contribution >= 0.6 is 0 Å². The number of rotatable bonds is 0. The second-order valence-corrected chi connectivity index (χ2v) is 6.32. The Balaban J connectivity index is 2.38. The fraction of sp³-hybridized carbons (Fsp3) is 0.533. The molecule has 0 saturated heterocycles. The van der Waals surface area contributed by atoms with E-state index in [1.807, 2.05) is 0 Å². The van der Waals surface area contributed by atoms with Crippen molar-refractivity contribution in [2.75, 3.05) is 11.4 Å². The predicted octanol–water partition coefficient (Wildman–Crippen LogP) is 3.18. The van der Waals surface area contributed by atoms with Gasteiger partial charge in [-0.05, 0) is 52.3 Å². The van der Waals surface area contributed by atoms with Crippen LogP contribution in [0, 0.1) is 5.82 Å². The number of benzene rings is 1. The highest BCUT2D eigenvalue weighted by atomic mass is 19.1. The molecule has 1 heterocycles. The summed E-state index contributed by atoms with van der Waals surface area (Å²) in [6.45, 7) is 7.32. The number of carbonyl (C=O) groups is 1. The molecule has 0 aliphatic carbocycles. The minimum atomic E-state index is -1.14. The summed E-state index contributed by atoms with van der Waals surface area (Å²) in [5.41, 5.74) is -0.834. The lowest BCUT2D eigenvalue weighted by Crippen LogP contribution is -2.44. The maximum absolute atomic E-state index is 13.4. The maximum atomic E-state index is 13.4. The van der Waals surface area contributed by atoms with E-state index in [-0.39, 0.29) is 0 Å². The van der Waals surface area contributed by atoms with E-state index in [0.717, 1.165) is 0 Å². The smallest absolute Gasteiger partial charge is 0.414 e. The van der Waals surface area contributed by atoms with Crippen molar-refractivity contribution in [3.05, 3.63) is 29.6 Å². The summed E-state index contributed by atoms with van der Waals surface area (Å²) in [4.78, 5) is 13.6. The lowest BCUT2D eigenvalue weighted by molar-refractivity contribution is 0.0377. The van der Waals surface area contributed by atoms with Crippen molar-refractivity contribution >= 4 is 11.8 Å². The van der Waals surface area contributed by atoms with Gasteiger partial charge in [-0.2, -0.15) is 0 Å². The average molecular weight is 281 g/mol. The van der Waals surface area contributed by atoms with E-state index in [1.165, 1.54) is 23.1 Å². The van der Waals surface area contributed by atoms with Crippen LogP contribution in [-0.2, 0) is 10.3 Å². The number of anilines is 1. The number of amides is 1. The highest BCUT2D eigenvalue weighted by Gasteiger charge is 2.37. The minimum Gasteiger partial charge on any atom is -0.443 e. The summed E-state index contributed by atoms with van der Waals surface area (Å²) < 4.78 is 18.7. The van der Waals surface area contributed by atoms with Gasteiger partial charge in [0.15, 0.2) is 0 Å². The van der Waals surface area contributed by atoms with Crippen LogP contribution in [0.3, 0.4) is 0 Å². The molecule has 1 aromatic rings. The third-order valence-electron chi connectivity index (χ3n) is 3.27. The van der Waals surface area contributed by atoms with Gasteiger partial charge in [0.1, 0.15) is 11.4 Å². The van der Waals surface area contributed by atoms with Crippen LogP contribution in [0.4, 0.5) is 14.9 Å². The van der Waals surface area contributed by atoms with Gasteiger partial charge in [0, 0.05) is 12.1 Å². The van der Waals surface area contributed by atoms with Crippen molar-refractivity contribution in [1.29, 1.82) is 0 Å². The van der Waals surface area contributed by atoms with E-state index in [0.29, 0.717) is 24.2 Å². The minimum absolute atomic E-state index is 0.334. The number of hydrogen-bond acceptors (Lipinski definition) is 3. The molecule has 0 fully saturated rings. The number of hydrogen-bond donors (Lipinski definition) is 1. The molecule has 5 heteroatoms. The first-order valence-corrected chi connectivity index (χ1v) is 6.63. The standard InChI is InChI=1S/C15H20FNO3/c1-14(2,3)20-13(18)17-8-7-15(4,19)11-9-10(16)5-6-12(11)17/h5-6,9,19H,7-8H2,1-4H3. The number of carbonyl (C=O) groups excluding carboxylic acids is 1. The molecule has 2 rings (SSSR count).